The highest BCUT2D eigenvalue weighted by molar-refractivity contribution is 5.93. The van der Waals surface area contributed by atoms with Crippen LogP contribution >= 0.6 is 0 Å². The van der Waals surface area contributed by atoms with Crippen LogP contribution in [0, 0.1) is 28.6 Å². The van der Waals surface area contributed by atoms with E-state index in [1.807, 2.05) is 13.8 Å². The van der Waals surface area contributed by atoms with Crippen LogP contribution in [0.15, 0.2) is 23.6 Å². The Labute approximate surface area is 181 Å². The van der Waals surface area contributed by atoms with Crippen LogP contribution in [0.2, 0.25) is 0 Å². The Bertz CT molecular complexity index is 923. The maximum Gasteiger partial charge on any atom is 0.193 e. The second kappa shape index (κ2) is 6.34. The molecule has 0 amide bonds. The summed E-state index contributed by atoms with van der Waals surface area (Å²) in [6, 6.07) is 0. The van der Waals surface area contributed by atoms with Crippen molar-refractivity contribution in [3.8, 4) is 0 Å². The van der Waals surface area contributed by atoms with Gasteiger partial charge in [-0.2, -0.15) is 0 Å². The highest BCUT2D eigenvalue weighted by Crippen LogP contribution is 2.70. The van der Waals surface area contributed by atoms with Crippen molar-refractivity contribution < 1.29 is 33.7 Å². The zero-order valence-electron chi connectivity index (χ0n) is 18.5. The number of allylic oxidation sites excluding steroid dienone is 4. The molecule has 0 aromatic heterocycles. The van der Waals surface area contributed by atoms with E-state index in [1.165, 1.54) is 6.08 Å². The van der Waals surface area contributed by atoms with E-state index in [-0.39, 0.29) is 48.6 Å². The van der Waals surface area contributed by atoms with Crippen molar-refractivity contribution in [3.63, 3.8) is 0 Å². The lowest BCUT2D eigenvalue weighted by atomic mass is 9.46. The van der Waals surface area contributed by atoms with Gasteiger partial charge in [0, 0.05) is 29.6 Å². The molecule has 2 saturated carbocycles. The van der Waals surface area contributed by atoms with Crippen LogP contribution in [0.4, 0.5) is 4.39 Å². The third-order valence-electron chi connectivity index (χ3n) is 9.06. The third kappa shape index (κ3) is 2.52. The lowest BCUT2D eigenvalue weighted by molar-refractivity contribution is -0.224. The molecule has 2 N–H and O–H groups in total. The van der Waals surface area contributed by atoms with Crippen molar-refractivity contribution in [2.45, 2.75) is 77.0 Å². The van der Waals surface area contributed by atoms with Gasteiger partial charge in [-0.05, 0) is 50.2 Å². The Morgan fingerprint density at radius 1 is 1.29 bits per heavy atom. The lowest BCUT2D eigenvalue weighted by Gasteiger charge is -2.59. The Balaban J connectivity index is 1.63. The average Bonchev–Trinajstić information content (AvgIpc) is 3.08. The molecule has 31 heavy (non-hydrogen) atoms. The van der Waals surface area contributed by atoms with Gasteiger partial charge in [0.2, 0.25) is 0 Å². The van der Waals surface area contributed by atoms with Crippen molar-refractivity contribution in [1.29, 1.82) is 0 Å². The predicted molar refractivity (Wildman–Crippen MR) is 108 cm³/mol. The van der Waals surface area contributed by atoms with Crippen LogP contribution in [0.1, 0.15) is 53.4 Å². The van der Waals surface area contributed by atoms with Gasteiger partial charge in [-0.1, -0.05) is 19.9 Å². The van der Waals surface area contributed by atoms with Crippen LogP contribution in [0.3, 0.4) is 0 Å². The minimum absolute atomic E-state index is 0.0483. The summed E-state index contributed by atoms with van der Waals surface area (Å²) < 4.78 is 27.8. The smallest absolute Gasteiger partial charge is 0.193 e. The zero-order valence-corrected chi connectivity index (χ0v) is 18.5. The fourth-order valence-electron chi connectivity index (χ4n) is 8.02. The molecule has 6 nitrogen and oxygen atoms in total. The number of rotatable bonds is 2. The highest BCUT2D eigenvalue weighted by Gasteiger charge is 2.76. The summed E-state index contributed by atoms with van der Waals surface area (Å²) in [7, 11) is 0. The molecule has 1 heterocycles. The van der Waals surface area contributed by atoms with Crippen molar-refractivity contribution in [2.24, 2.45) is 28.6 Å². The second-order valence-electron chi connectivity index (χ2n) is 11.0. The maximum absolute atomic E-state index is 15.4. The van der Waals surface area contributed by atoms with Crippen LogP contribution in [0.5, 0.6) is 0 Å². The molecule has 1 aliphatic heterocycles. The number of aliphatic hydroxyl groups is 2. The van der Waals surface area contributed by atoms with Crippen LogP contribution in [-0.4, -0.2) is 52.0 Å². The molecule has 0 spiro atoms. The number of Topliss-reactive ketones (excluding diaryl/α,β-unsaturated/α-hetero) is 1. The fourth-order valence-corrected chi connectivity index (χ4v) is 8.02. The first kappa shape index (κ1) is 21.4. The van der Waals surface area contributed by atoms with Crippen LogP contribution in [0.25, 0.3) is 0 Å². The fraction of sp³-hybridized carbons (Fsp3) is 0.750. The number of carbonyl (C=O) groups excluding carboxylic acids is 2. The number of halogens is 1. The van der Waals surface area contributed by atoms with Gasteiger partial charge in [0.15, 0.2) is 23.0 Å². The summed E-state index contributed by atoms with van der Waals surface area (Å²) in [6.45, 7) is 6.66. The average molecular weight is 435 g/mol. The first-order chi connectivity index (χ1) is 14.4. The molecule has 5 rings (SSSR count). The predicted octanol–water partition coefficient (Wildman–Crippen LogP) is 2.62. The molecule has 3 fully saturated rings. The first-order valence-corrected chi connectivity index (χ1v) is 11.2. The summed E-state index contributed by atoms with van der Waals surface area (Å²) in [5.41, 5.74) is -2.44. The van der Waals surface area contributed by atoms with Gasteiger partial charge >= 0.3 is 0 Å². The first-order valence-electron chi connectivity index (χ1n) is 11.2. The van der Waals surface area contributed by atoms with Gasteiger partial charge in [0.05, 0.1) is 12.2 Å². The van der Waals surface area contributed by atoms with Gasteiger partial charge in [-0.25, -0.2) is 4.39 Å². The topological polar surface area (TPSA) is 93.1 Å². The third-order valence-corrected chi connectivity index (χ3v) is 9.06. The summed E-state index contributed by atoms with van der Waals surface area (Å²) in [5, 5.41) is 21.3. The summed E-state index contributed by atoms with van der Waals surface area (Å²) in [5.74, 6) is -2.47. The highest BCUT2D eigenvalue weighted by atomic mass is 19.1. The van der Waals surface area contributed by atoms with E-state index in [1.54, 1.807) is 19.9 Å². The zero-order chi connectivity index (χ0) is 22.6. The summed E-state index contributed by atoms with van der Waals surface area (Å²) in [4.78, 5) is 25.1. The van der Waals surface area contributed by atoms with Crippen molar-refractivity contribution >= 4 is 11.6 Å². The molecular formula is C24H31FO6. The number of ketones is 2. The van der Waals surface area contributed by atoms with Gasteiger partial charge in [0.25, 0.3) is 0 Å². The second-order valence-corrected chi connectivity index (χ2v) is 11.0. The quantitative estimate of drug-likeness (QED) is 0.694. The number of carbonyl (C=O) groups is 2. The molecule has 5 aliphatic rings. The molecule has 170 valence electrons. The minimum atomic E-state index is -1.37. The van der Waals surface area contributed by atoms with Crippen LogP contribution in [-0.2, 0) is 19.1 Å². The molecule has 1 saturated heterocycles. The Morgan fingerprint density at radius 3 is 2.68 bits per heavy atom. The number of aliphatic hydroxyl groups excluding tert-OH is 2. The molecule has 0 aromatic rings. The monoisotopic (exact) mass is 434 g/mol. The number of ether oxygens (including phenoxy) is 2. The van der Waals surface area contributed by atoms with Gasteiger partial charge in [-0.3, -0.25) is 9.59 Å². The van der Waals surface area contributed by atoms with Gasteiger partial charge in [-0.15, -0.1) is 0 Å². The van der Waals surface area contributed by atoms with E-state index < -0.39 is 46.8 Å². The number of hydrogen-bond donors (Lipinski definition) is 2. The van der Waals surface area contributed by atoms with E-state index in [2.05, 4.69) is 0 Å². The molecule has 0 radical (unpaired) electrons. The SMILES string of the molecule is CC1(C)OC2CC3C4CC(F)=C5CC(=O)C=CC5(C)C4C(O)CC3(C)C2(C(=O)CO)O1. The van der Waals surface area contributed by atoms with E-state index >= 15 is 4.39 Å². The van der Waals surface area contributed by atoms with E-state index in [9.17, 15) is 19.8 Å². The normalized spacial score (nSPS) is 50.0. The molecule has 7 heteroatoms. The van der Waals surface area contributed by atoms with Crippen LogP contribution < -0.4 is 0 Å². The molecule has 8 unspecified atom stereocenters. The van der Waals surface area contributed by atoms with Gasteiger partial charge < -0.3 is 19.7 Å². The van der Waals surface area contributed by atoms with E-state index in [4.69, 9.17) is 9.47 Å². The van der Waals surface area contributed by atoms with Crippen molar-refractivity contribution in [3.05, 3.63) is 23.6 Å². The molecule has 8 atom stereocenters. The lowest BCUT2D eigenvalue weighted by Crippen LogP contribution is -2.63. The number of hydrogen-bond acceptors (Lipinski definition) is 6. The summed E-state index contributed by atoms with van der Waals surface area (Å²) >= 11 is 0. The molecular weight excluding hydrogens is 403 g/mol. The molecule has 0 aromatic carbocycles. The van der Waals surface area contributed by atoms with Gasteiger partial charge in [0.1, 0.15) is 12.4 Å². The van der Waals surface area contributed by atoms with Crippen molar-refractivity contribution in [1.82, 2.24) is 0 Å². The molecule has 4 aliphatic carbocycles. The van der Waals surface area contributed by atoms with E-state index in [0.29, 0.717) is 12.0 Å². The van der Waals surface area contributed by atoms with E-state index in [0.717, 1.165) is 0 Å². The Hall–Kier alpha value is -1.41. The largest absolute Gasteiger partial charge is 0.393 e. The standard InChI is InChI=1S/C24H31FO6/c1-21(2)30-19-9-14-13-8-16(25)15-7-12(27)5-6-22(15,3)20(13)17(28)10-23(14,4)24(19,31-21)18(29)11-26/h5-6,13-14,17,19-20,26,28H,7-11H2,1-4H3. The summed E-state index contributed by atoms with van der Waals surface area (Å²) in [6.07, 6.45) is 2.86. The Kier molecular flexibility index (Phi) is 4.38. The number of fused-ring (bicyclic) bond motifs is 7. The minimum Gasteiger partial charge on any atom is -0.393 e. The molecule has 0 bridgehead atoms. The van der Waals surface area contributed by atoms with Crippen molar-refractivity contribution in [2.75, 3.05) is 6.61 Å². The Morgan fingerprint density at radius 2 is 2.00 bits per heavy atom. The maximum atomic E-state index is 15.4.